The van der Waals surface area contributed by atoms with Crippen LogP contribution in [0.15, 0.2) is 48.5 Å². The van der Waals surface area contributed by atoms with Gasteiger partial charge in [0, 0.05) is 37.4 Å². The van der Waals surface area contributed by atoms with Crippen LogP contribution in [-0.2, 0) is 6.54 Å². The van der Waals surface area contributed by atoms with Gasteiger partial charge in [0.2, 0.25) is 0 Å². The Morgan fingerprint density at radius 2 is 1.96 bits per heavy atom. The van der Waals surface area contributed by atoms with E-state index in [1.54, 1.807) is 13.2 Å². The largest absolute Gasteiger partial charge is 0.497 e. The summed E-state index contributed by atoms with van der Waals surface area (Å²) >= 11 is 0. The van der Waals surface area contributed by atoms with E-state index in [0.717, 1.165) is 0 Å². The van der Waals surface area contributed by atoms with E-state index in [9.17, 15) is 4.79 Å². The van der Waals surface area contributed by atoms with Crippen LogP contribution in [0.25, 0.3) is 0 Å². The monoisotopic (exact) mass is 310 g/mol. The molecule has 1 heterocycles. The maximum Gasteiger partial charge on any atom is 0.254 e. The summed E-state index contributed by atoms with van der Waals surface area (Å²) in [5, 5.41) is 0. The van der Waals surface area contributed by atoms with Gasteiger partial charge in [0.15, 0.2) is 0 Å². The Kier molecular flexibility index (Phi) is 4.24. The molecule has 4 heteroatoms. The third kappa shape index (κ3) is 3.02. The smallest absolute Gasteiger partial charge is 0.254 e. The van der Waals surface area contributed by atoms with Crippen molar-refractivity contribution in [3.8, 4) is 5.75 Å². The second-order valence-electron chi connectivity index (χ2n) is 6.01. The summed E-state index contributed by atoms with van der Waals surface area (Å²) in [6.07, 6.45) is 0. The van der Waals surface area contributed by atoms with Crippen LogP contribution in [0.5, 0.6) is 5.75 Å². The van der Waals surface area contributed by atoms with Crippen LogP contribution in [-0.4, -0.2) is 37.6 Å². The fourth-order valence-electron chi connectivity index (χ4n) is 3.03. The Hall–Kier alpha value is -2.49. The first kappa shape index (κ1) is 15.4. The van der Waals surface area contributed by atoms with Crippen molar-refractivity contribution in [1.29, 1.82) is 0 Å². The van der Waals surface area contributed by atoms with E-state index in [4.69, 9.17) is 4.74 Å². The van der Waals surface area contributed by atoms with Crippen LogP contribution in [0.4, 0.5) is 5.69 Å². The molecule has 0 bridgehead atoms. The molecular weight excluding hydrogens is 288 g/mol. The quantitative estimate of drug-likeness (QED) is 0.854. The maximum atomic E-state index is 12.9. The Balaban J connectivity index is 1.92. The Labute approximate surface area is 137 Å². The van der Waals surface area contributed by atoms with Gasteiger partial charge in [-0.25, -0.2) is 0 Å². The number of carbonyl (C=O) groups is 1. The molecule has 4 nitrogen and oxygen atoms in total. The predicted octanol–water partition coefficient (Wildman–Crippen LogP) is 3.18. The fourth-order valence-corrected chi connectivity index (χ4v) is 3.03. The normalized spacial score (nSPS) is 17.4. The van der Waals surface area contributed by atoms with Gasteiger partial charge < -0.3 is 14.5 Å². The molecule has 0 aliphatic carbocycles. The second kappa shape index (κ2) is 6.32. The molecule has 120 valence electrons. The SMILES string of the molecule is COc1cccc(C(=O)N2Cc3ccccc3N(C)C(C)C2)c1. The predicted molar refractivity (Wildman–Crippen MR) is 92.0 cm³/mol. The summed E-state index contributed by atoms with van der Waals surface area (Å²) in [5.74, 6) is 0.747. The highest BCUT2D eigenvalue weighted by atomic mass is 16.5. The third-order valence-corrected chi connectivity index (χ3v) is 4.48. The van der Waals surface area contributed by atoms with Crippen LogP contribution in [0.2, 0.25) is 0 Å². The maximum absolute atomic E-state index is 12.9. The van der Waals surface area contributed by atoms with Gasteiger partial charge >= 0.3 is 0 Å². The van der Waals surface area contributed by atoms with Gasteiger partial charge in [-0.1, -0.05) is 24.3 Å². The number of benzene rings is 2. The summed E-state index contributed by atoms with van der Waals surface area (Å²) in [6.45, 7) is 3.47. The van der Waals surface area contributed by atoms with Gasteiger partial charge in [-0.15, -0.1) is 0 Å². The van der Waals surface area contributed by atoms with Crippen molar-refractivity contribution in [2.45, 2.75) is 19.5 Å². The second-order valence-corrected chi connectivity index (χ2v) is 6.01. The zero-order valence-corrected chi connectivity index (χ0v) is 13.8. The molecule has 3 rings (SSSR count). The van der Waals surface area contributed by atoms with Gasteiger partial charge in [-0.05, 0) is 36.8 Å². The van der Waals surface area contributed by atoms with Crippen molar-refractivity contribution in [3.05, 3.63) is 59.7 Å². The van der Waals surface area contributed by atoms with Crippen molar-refractivity contribution >= 4 is 11.6 Å². The molecular formula is C19H22N2O2. The summed E-state index contributed by atoms with van der Waals surface area (Å²) in [6, 6.07) is 15.9. The van der Waals surface area contributed by atoms with E-state index < -0.39 is 0 Å². The van der Waals surface area contributed by atoms with Gasteiger partial charge in [-0.2, -0.15) is 0 Å². The third-order valence-electron chi connectivity index (χ3n) is 4.48. The van der Waals surface area contributed by atoms with Crippen molar-refractivity contribution < 1.29 is 9.53 Å². The number of hydrogen-bond acceptors (Lipinski definition) is 3. The minimum Gasteiger partial charge on any atom is -0.497 e. The van der Waals surface area contributed by atoms with E-state index in [-0.39, 0.29) is 11.9 Å². The van der Waals surface area contributed by atoms with Crippen LogP contribution in [0, 0.1) is 0 Å². The minimum absolute atomic E-state index is 0.0425. The lowest BCUT2D eigenvalue weighted by atomic mass is 10.1. The number of para-hydroxylation sites is 1. The average Bonchev–Trinajstić information content (AvgIpc) is 2.72. The number of likely N-dealkylation sites (N-methyl/N-ethyl adjacent to an activating group) is 1. The van der Waals surface area contributed by atoms with Crippen molar-refractivity contribution in [2.24, 2.45) is 0 Å². The number of rotatable bonds is 2. The van der Waals surface area contributed by atoms with Crippen molar-refractivity contribution in [1.82, 2.24) is 4.90 Å². The number of fused-ring (bicyclic) bond motifs is 1. The minimum atomic E-state index is 0.0425. The summed E-state index contributed by atoms with van der Waals surface area (Å²) in [5.41, 5.74) is 3.04. The Morgan fingerprint density at radius 1 is 1.17 bits per heavy atom. The number of nitrogens with zero attached hydrogens (tertiary/aromatic N) is 2. The van der Waals surface area contributed by atoms with E-state index in [0.29, 0.717) is 24.4 Å². The van der Waals surface area contributed by atoms with E-state index >= 15 is 0 Å². The Bertz CT molecular complexity index is 714. The van der Waals surface area contributed by atoms with Crippen molar-refractivity contribution in [3.63, 3.8) is 0 Å². The van der Waals surface area contributed by atoms with Crippen LogP contribution in [0.3, 0.4) is 0 Å². The summed E-state index contributed by atoms with van der Waals surface area (Å²) in [7, 11) is 3.70. The van der Waals surface area contributed by atoms with Gasteiger partial charge in [0.25, 0.3) is 5.91 Å². The number of hydrogen-bond donors (Lipinski definition) is 0. The molecule has 0 saturated carbocycles. The van der Waals surface area contributed by atoms with Gasteiger partial charge in [0.05, 0.1) is 7.11 Å². The number of ether oxygens (including phenoxy) is 1. The lowest BCUT2D eigenvalue weighted by molar-refractivity contribution is 0.0739. The number of anilines is 1. The molecule has 2 aromatic rings. The highest BCUT2D eigenvalue weighted by Gasteiger charge is 2.26. The van der Waals surface area contributed by atoms with Crippen molar-refractivity contribution in [2.75, 3.05) is 25.6 Å². The fraction of sp³-hybridized carbons (Fsp3) is 0.316. The lowest BCUT2D eigenvalue weighted by Crippen LogP contribution is -2.40. The molecule has 1 atom stereocenters. The Morgan fingerprint density at radius 3 is 2.74 bits per heavy atom. The molecule has 1 aliphatic rings. The number of amides is 1. The van der Waals surface area contributed by atoms with Gasteiger partial charge in [0.1, 0.15) is 5.75 Å². The van der Waals surface area contributed by atoms with Crippen LogP contribution in [0.1, 0.15) is 22.8 Å². The highest BCUT2D eigenvalue weighted by molar-refractivity contribution is 5.94. The first-order valence-corrected chi connectivity index (χ1v) is 7.84. The molecule has 0 spiro atoms. The van der Waals surface area contributed by atoms with E-state index in [1.165, 1.54) is 11.3 Å². The summed E-state index contributed by atoms with van der Waals surface area (Å²) in [4.78, 5) is 17.1. The number of carbonyl (C=O) groups excluding carboxylic acids is 1. The highest BCUT2D eigenvalue weighted by Crippen LogP contribution is 2.27. The molecule has 0 N–H and O–H groups in total. The molecule has 0 aromatic heterocycles. The van der Waals surface area contributed by atoms with Crippen LogP contribution < -0.4 is 9.64 Å². The first-order valence-electron chi connectivity index (χ1n) is 7.84. The standard InChI is InChI=1S/C19H22N2O2/c1-14-12-21(13-16-7-4-5-10-18(16)20(14)2)19(22)15-8-6-9-17(11-15)23-3/h4-11,14H,12-13H2,1-3H3. The number of methoxy groups -OCH3 is 1. The molecule has 0 fully saturated rings. The molecule has 2 aromatic carbocycles. The lowest BCUT2D eigenvalue weighted by Gasteiger charge is -2.28. The average molecular weight is 310 g/mol. The molecule has 0 saturated heterocycles. The van der Waals surface area contributed by atoms with E-state index in [2.05, 4.69) is 31.0 Å². The molecule has 1 unspecified atom stereocenters. The zero-order chi connectivity index (χ0) is 16.4. The molecule has 1 amide bonds. The van der Waals surface area contributed by atoms with Crippen LogP contribution >= 0.6 is 0 Å². The molecule has 0 radical (unpaired) electrons. The topological polar surface area (TPSA) is 32.8 Å². The van der Waals surface area contributed by atoms with E-state index in [1.807, 2.05) is 35.2 Å². The van der Waals surface area contributed by atoms with Gasteiger partial charge in [-0.3, -0.25) is 4.79 Å². The zero-order valence-electron chi connectivity index (χ0n) is 13.8. The molecule has 1 aliphatic heterocycles. The first-order chi connectivity index (χ1) is 11.1. The summed E-state index contributed by atoms with van der Waals surface area (Å²) < 4.78 is 5.23. The molecule has 23 heavy (non-hydrogen) atoms.